The molecule has 0 saturated heterocycles. The molecule has 0 spiro atoms. The number of carbonyl (C=O) groups is 2. The van der Waals surface area contributed by atoms with E-state index in [2.05, 4.69) is 20.8 Å². The summed E-state index contributed by atoms with van der Waals surface area (Å²) in [6.07, 6.45) is 1.52. The zero-order chi connectivity index (χ0) is 14.7. The lowest BCUT2D eigenvalue weighted by molar-refractivity contribution is -0.120. The van der Waals surface area contributed by atoms with Crippen molar-refractivity contribution in [2.24, 2.45) is 0 Å². The lowest BCUT2D eigenvalue weighted by Gasteiger charge is -2.08. The fourth-order valence-electron chi connectivity index (χ4n) is 1.66. The summed E-state index contributed by atoms with van der Waals surface area (Å²) >= 11 is 1.16. The summed E-state index contributed by atoms with van der Waals surface area (Å²) in [5.74, 6) is -0.628. The molecular formula is C12H15N5O2S. The van der Waals surface area contributed by atoms with Crippen LogP contribution in [0.3, 0.4) is 0 Å². The largest absolute Gasteiger partial charge is 0.397 e. The number of anilines is 1. The third kappa shape index (κ3) is 3.02. The number of fused-ring (bicyclic) bond motifs is 1. The topological polar surface area (TPSA) is 110 Å². The first-order valence-corrected chi connectivity index (χ1v) is 6.88. The molecular weight excluding hydrogens is 278 g/mol. The summed E-state index contributed by atoms with van der Waals surface area (Å²) in [5, 5.41) is 13.6. The second-order valence-corrected chi connectivity index (χ2v) is 5.50. The second-order valence-electron chi connectivity index (χ2n) is 4.50. The molecule has 4 N–H and O–H groups in total. The number of nitrogens with zero attached hydrogens (tertiary/aromatic N) is 2. The third-order valence-electron chi connectivity index (χ3n) is 2.49. The van der Waals surface area contributed by atoms with Gasteiger partial charge in [0.15, 0.2) is 0 Å². The van der Waals surface area contributed by atoms with Crippen molar-refractivity contribution in [2.45, 2.75) is 19.9 Å². The van der Waals surface area contributed by atoms with E-state index < -0.39 is 0 Å². The Morgan fingerprint density at radius 2 is 2.20 bits per heavy atom. The Kier molecular flexibility index (Phi) is 4.14. The van der Waals surface area contributed by atoms with Crippen molar-refractivity contribution in [1.82, 2.24) is 20.8 Å². The van der Waals surface area contributed by atoms with E-state index in [9.17, 15) is 9.59 Å². The average Bonchev–Trinajstić information content (AvgIpc) is 2.73. The highest BCUT2D eigenvalue weighted by atomic mass is 32.1. The predicted molar refractivity (Wildman–Crippen MR) is 77.4 cm³/mol. The van der Waals surface area contributed by atoms with Crippen LogP contribution in [0.1, 0.15) is 23.5 Å². The number of nitrogen functional groups attached to an aromatic ring is 1. The quantitative estimate of drug-likeness (QED) is 0.761. The van der Waals surface area contributed by atoms with Gasteiger partial charge in [0, 0.05) is 11.4 Å². The van der Waals surface area contributed by atoms with Crippen molar-refractivity contribution in [3.63, 3.8) is 0 Å². The van der Waals surface area contributed by atoms with Crippen molar-refractivity contribution < 1.29 is 9.59 Å². The number of aromatic nitrogens is 2. The maximum atomic E-state index is 12.0. The van der Waals surface area contributed by atoms with Crippen molar-refractivity contribution in [3.8, 4) is 0 Å². The molecule has 2 heterocycles. The van der Waals surface area contributed by atoms with E-state index in [0.717, 1.165) is 11.3 Å². The van der Waals surface area contributed by atoms with Gasteiger partial charge in [0.05, 0.1) is 18.4 Å². The van der Waals surface area contributed by atoms with Gasteiger partial charge in [-0.25, -0.2) is 0 Å². The van der Waals surface area contributed by atoms with Gasteiger partial charge in [-0.05, 0) is 19.9 Å². The molecule has 0 radical (unpaired) electrons. The molecule has 8 heteroatoms. The molecule has 0 aromatic carbocycles. The Hall–Kier alpha value is -2.22. The van der Waals surface area contributed by atoms with Crippen molar-refractivity contribution in [2.75, 3.05) is 12.3 Å². The summed E-state index contributed by atoms with van der Waals surface area (Å²) in [4.78, 5) is 24.4. The smallest absolute Gasteiger partial charge is 0.264 e. The van der Waals surface area contributed by atoms with E-state index in [4.69, 9.17) is 5.73 Å². The van der Waals surface area contributed by atoms with Crippen molar-refractivity contribution >= 4 is 39.1 Å². The maximum absolute atomic E-state index is 12.0. The van der Waals surface area contributed by atoms with Gasteiger partial charge >= 0.3 is 0 Å². The molecule has 2 amide bonds. The van der Waals surface area contributed by atoms with Crippen LogP contribution < -0.4 is 16.4 Å². The minimum Gasteiger partial charge on any atom is -0.397 e. The summed E-state index contributed by atoms with van der Waals surface area (Å²) in [6, 6.07) is 1.74. The first-order chi connectivity index (χ1) is 9.49. The molecule has 106 valence electrons. The van der Waals surface area contributed by atoms with E-state index in [-0.39, 0.29) is 24.4 Å². The predicted octanol–water partition coefficient (Wildman–Crippen LogP) is 0.528. The number of amides is 2. The minimum absolute atomic E-state index is 0.0315. The third-order valence-corrected chi connectivity index (χ3v) is 3.59. The standard InChI is InChI=1S/C12H15N5O2S/c1-6(2)16-8(18)5-14-11(19)10-9(13)7-3-4-15-17-12(7)20-10/h3-4,6H,5,13H2,1-2H3,(H,14,19)(H,16,18). The maximum Gasteiger partial charge on any atom is 0.264 e. The molecule has 20 heavy (non-hydrogen) atoms. The molecule has 2 aromatic rings. The van der Waals surface area contributed by atoms with Crippen LogP contribution in [-0.2, 0) is 4.79 Å². The zero-order valence-corrected chi connectivity index (χ0v) is 12.0. The second kappa shape index (κ2) is 5.83. The fraction of sp³-hybridized carbons (Fsp3) is 0.333. The molecule has 7 nitrogen and oxygen atoms in total. The number of thiophene rings is 1. The Morgan fingerprint density at radius 3 is 2.85 bits per heavy atom. The molecule has 2 rings (SSSR count). The number of hydrogen-bond donors (Lipinski definition) is 3. The van der Waals surface area contributed by atoms with Crippen LogP contribution in [0.15, 0.2) is 12.3 Å². The first-order valence-electron chi connectivity index (χ1n) is 6.06. The Balaban J connectivity index is 2.08. The van der Waals surface area contributed by atoms with E-state index in [1.807, 2.05) is 13.8 Å². The summed E-state index contributed by atoms with van der Waals surface area (Å²) in [7, 11) is 0. The number of nitrogens with one attached hydrogen (secondary N) is 2. The van der Waals surface area contributed by atoms with E-state index >= 15 is 0 Å². The van der Waals surface area contributed by atoms with Gasteiger partial charge < -0.3 is 16.4 Å². The monoisotopic (exact) mass is 293 g/mol. The normalized spacial score (nSPS) is 10.8. The minimum atomic E-state index is -0.385. The molecule has 0 aliphatic carbocycles. The van der Waals surface area contributed by atoms with Crippen LogP contribution in [-0.4, -0.2) is 34.6 Å². The lowest BCUT2D eigenvalue weighted by atomic mass is 10.3. The van der Waals surface area contributed by atoms with Crippen LogP contribution in [0.25, 0.3) is 10.2 Å². The van der Waals surface area contributed by atoms with Gasteiger partial charge in [-0.2, -0.15) is 5.10 Å². The van der Waals surface area contributed by atoms with E-state index in [0.29, 0.717) is 20.8 Å². The Morgan fingerprint density at radius 1 is 1.45 bits per heavy atom. The number of carbonyl (C=O) groups excluding carboxylic acids is 2. The summed E-state index contributed by atoms with van der Waals surface area (Å²) in [5.41, 5.74) is 6.27. The van der Waals surface area contributed by atoms with E-state index in [1.165, 1.54) is 6.20 Å². The Labute approximate surface area is 119 Å². The van der Waals surface area contributed by atoms with Gasteiger partial charge in [0.25, 0.3) is 5.91 Å². The summed E-state index contributed by atoms with van der Waals surface area (Å²) in [6.45, 7) is 3.61. The first kappa shape index (κ1) is 14.2. The molecule has 2 aromatic heterocycles. The molecule has 0 fully saturated rings. The fourth-order valence-corrected chi connectivity index (χ4v) is 2.61. The molecule has 0 atom stereocenters. The molecule has 0 saturated carbocycles. The van der Waals surface area contributed by atoms with Gasteiger partial charge in [0.2, 0.25) is 5.91 Å². The molecule has 0 aliphatic heterocycles. The highest BCUT2D eigenvalue weighted by Crippen LogP contribution is 2.31. The van der Waals surface area contributed by atoms with Crippen LogP contribution in [0.4, 0.5) is 5.69 Å². The average molecular weight is 293 g/mol. The van der Waals surface area contributed by atoms with Crippen LogP contribution in [0, 0.1) is 0 Å². The molecule has 0 unspecified atom stereocenters. The van der Waals surface area contributed by atoms with Crippen molar-refractivity contribution in [1.29, 1.82) is 0 Å². The molecule has 0 aliphatic rings. The number of hydrogen-bond acceptors (Lipinski definition) is 6. The van der Waals surface area contributed by atoms with Gasteiger partial charge in [-0.15, -0.1) is 16.4 Å². The number of rotatable bonds is 4. The van der Waals surface area contributed by atoms with Crippen molar-refractivity contribution in [3.05, 3.63) is 17.1 Å². The summed E-state index contributed by atoms with van der Waals surface area (Å²) < 4.78 is 0. The van der Waals surface area contributed by atoms with Gasteiger partial charge in [-0.1, -0.05) is 0 Å². The van der Waals surface area contributed by atoms with E-state index in [1.54, 1.807) is 6.07 Å². The van der Waals surface area contributed by atoms with Crippen LogP contribution >= 0.6 is 11.3 Å². The number of nitrogens with two attached hydrogens (primary N) is 1. The highest BCUT2D eigenvalue weighted by Gasteiger charge is 2.17. The Bertz CT molecular complexity index is 652. The lowest BCUT2D eigenvalue weighted by Crippen LogP contribution is -2.39. The van der Waals surface area contributed by atoms with Crippen LogP contribution in [0.5, 0.6) is 0 Å². The van der Waals surface area contributed by atoms with Gasteiger partial charge in [0.1, 0.15) is 9.71 Å². The SMILES string of the molecule is CC(C)NC(=O)CNC(=O)c1sc2nnccc2c1N. The van der Waals surface area contributed by atoms with Gasteiger partial charge in [-0.3, -0.25) is 9.59 Å². The zero-order valence-electron chi connectivity index (χ0n) is 11.1. The highest BCUT2D eigenvalue weighted by molar-refractivity contribution is 7.21. The molecule has 0 bridgehead atoms. The van der Waals surface area contributed by atoms with Crippen LogP contribution in [0.2, 0.25) is 0 Å².